The van der Waals surface area contributed by atoms with E-state index in [0.717, 1.165) is 19.5 Å². The molecule has 0 amide bonds. The van der Waals surface area contributed by atoms with Crippen molar-refractivity contribution in [3.05, 3.63) is 16.1 Å². The third-order valence-electron chi connectivity index (χ3n) is 1.59. The fraction of sp³-hybridized carbons (Fsp3) is 0.500. The van der Waals surface area contributed by atoms with Crippen LogP contribution in [0.25, 0.3) is 0 Å². The number of nitrogens with one attached hydrogen (secondary N) is 1. The molecular weight excluding hydrogens is 180 g/mol. The Kier molecular flexibility index (Phi) is 4.52. The van der Waals surface area contributed by atoms with Gasteiger partial charge in [-0.25, -0.2) is 4.98 Å². The summed E-state index contributed by atoms with van der Waals surface area (Å²) in [5, 5.41) is 4.44. The van der Waals surface area contributed by atoms with Gasteiger partial charge in [0.15, 0.2) is 0 Å². The van der Waals surface area contributed by atoms with E-state index in [1.807, 2.05) is 13.1 Å². The summed E-state index contributed by atoms with van der Waals surface area (Å²) < 4.78 is 0. The Morgan fingerprint density at radius 2 is 2.46 bits per heavy atom. The zero-order chi connectivity index (χ0) is 9.52. The molecule has 1 aromatic rings. The summed E-state index contributed by atoms with van der Waals surface area (Å²) >= 11 is 1.77. The molecule has 0 aliphatic heterocycles. The molecule has 1 N–H and O–H groups in total. The molecular formula is C10H14N2S. The lowest BCUT2D eigenvalue weighted by molar-refractivity contribution is 0.779. The lowest BCUT2D eigenvalue weighted by Crippen LogP contribution is -2.11. The Balaban J connectivity index is 2.31. The van der Waals surface area contributed by atoms with Gasteiger partial charge in [-0.15, -0.1) is 17.3 Å². The van der Waals surface area contributed by atoms with Gasteiger partial charge in [-0.3, -0.25) is 0 Å². The molecule has 0 saturated heterocycles. The number of hydrogen-bond donors (Lipinski definition) is 1. The van der Waals surface area contributed by atoms with Gasteiger partial charge in [0, 0.05) is 17.6 Å². The molecule has 0 aromatic carbocycles. The van der Waals surface area contributed by atoms with E-state index < -0.39 is 0 Å². The highest BCUT2D eigenvalue weighted by molar-refractivity contribution is 7.11. The highest BCUT2D eigenvalue weighted by atomic mass is 32.1. The standard InChI is InChI=1S/C10H14N2S/c1-3-5-6-11-7-9-8-12-10(4-2)13-9/h8,11H,4,6-7H2,1-2H3. The first-order valence-electron chi connectivity index (χ1n) is 4.40. The second kappa shape index (κ2) is 5.74. The van der Waals surface area contributed by atoms with Crippen LogP contribution in [0.2, 0.25) is 0 Å². The van der Waals surface area contributed by atoms with Crippen LogP contribution in [-0.2, 0) is 13.0 Å². The van der Waals surface area contributed by atoms with E-state index in [9.17, 15) is 0 Å². The molecule has 13 heavy (non-hydrogen) atoms. The smallest absolute Gasteiger partial charge is 0.0925 e. The van der Waals surface area contributed by atoms with E-state index in [4.69, 9.17) is 0 Å². The van der Waals surface area contributed by atoms with Crippen LogP contribution in [0.3, 0.4) is 0 Å². The molecule has 0 unspecified atom stereocenters. The lowest BCUT2D eigenvalue weighted by atomic mass is 10.5. The molecule has 1 heterocycles. The van der Waals surface area contributed by atoms with Crippen molar-refractivity contribution in [1.82, 2.24) is 10.3 Å². The lowest BCUT2D eigenvalue weighted by Gasteiger charge is -1.94. The van der Waals surface area contributed by atoms with E-state index in [-0.39, 0.29) is 0 Å². The van der Waals surface area contributed by atoms with Crippen molar-refractivity contribution in [1.29, 1.82) is 0 Å². The Morgan fingerprint density at radius 1 is 1.62 bits per heavy atom. The monoisotopic (exact) mass is 194 g/mol. The fourth-order valence-electron chi connectivity index (χ4n) is 0.930. The number of aromatic nitrogens is 1. The molecule has 0 aliphatic carbocycles. The highest BCUT2D eigenvalue weighted by Gasteiger charge is 1.97. The Morgan fingerprint density at radius 3 is 3.08 bits per heavy atom. The summed E-state index contributed by atoms with van der Waals surface area (Å²) in [6.07, 6.45) is 2.97. The molecule has 3 heteroatoms. The van der Waals surface area contributed by atoms with E-state index in [1.54, 1.807) is 11.3 Å². The maximum Gasteiger partial charge on any atom is 0.0925 e. The molecule has 0 radical (unpaired) electrons. The van der Waals surface area contributed by atoms with Crippen LogP contribution < -0.4 is 5.32 Å². The van der Waals surface area contributed by atoms with E-state index >= 15 is 0 Å². The summed E-state index contributed by atoms with van der Waals surface area (Å²) in [7, 11) is 0. The van der Waals surface area contributed by atoms with E-state index in [1.165, 1.54) is 9.88 Å². The number of rotatable bonds is 4. The molecule has 1 aromatic heterocycles. The van der Waals surface area contributed by atoms with Crippen molar-refractivity contribution in [2.45, 2.75) is 26.8 Å². The second-order valence-electron chi connectivity index (χ2n) is 2.60. The largest absolute Gasteiger partial charge is 0.301 e. The van der Waals surface area contributed by atoms with E-state index in [2.05, 4.69) is 29.1 Å². The van der Waals surface area contributed by atoms with Gasteiger partial charge < -0.3 is 5.32 Å². The Hall–Kier alpha value is -0.850. The molecule has 1 rings (SSSR count). The molecule has 0 fully saturated rings. The number of thiazole rings is 1. The quantitative estimate of drug-likeness (QED) is 0.584. The van der Waals surface area contributed by atoms with Crippen molar-refractivity contribution < 1.29 is 0 Å². The SMILES string of the molecule is CC#CCNCc1cnc(CC)s1. The van der Waals surface area contributed by atoms with Crippen LogP contribution in [0.5, 0.6) is 0 Å². The maximum atomic E-state index is 4.28. The topological polar surface area (TPSA) is 24.9 Å². The first kappa shape index (κ1) is 10.2. The molecule has 0 aliphatic rings. The fourth-order valence-corrected chi connectivity index (χ4v) is 1.76. The van der Waals surface area contributed by atoms with Crippen molar-refractivity contribution in [2.24, 2.45) is 0 Å². The van der Waals surface area contributed by atoms with Gasteiger partial charge in [-0.05, 0) is 13.3 Å². The summed E-state index contributed by atoms with van der Waals surface area (Å²) in [5.41, 5.74) is 0. The Labute approximate surface area is 83.4 Å². The third kappa shape index (κ3) is 3.58. The van der Waals surface area contributed by atoms with Gasteiger partial charge in [0.2, 0.25) is 0 Å². The minimum Gasteiger partial charge on any atom is -0.301 e. The number of hydrogen-bond acceptors (Lipinski definition) is 3. The van der Waals surface area contributed by atoms with Crippen LogP contribution in [0, 0.1) is 11.8 Å². The van der Waals surface area contributed by atoms with Crippen molar-refractivity contribution in [2.75, 3.05) is 6.54 Å². The summed E-state index contributed by atoms with van der Waals surface area (Å²) in [6.45, 7) is 5.62. The summed E-state index contributed by atoms with van der Waals surface area (Å²) in [5.74, 6) is 5.81. The summed E-state index contributed by atoms with van der Waals surface area (Å²) in [4.78, 5) is 5.56. The minimum atomic E-state index is 0.760. The molecule has 70 valence electrons. The third-order valence-corrected chi connectivity index (χ3v) is 2.73. The van der Waals surface area contributed by atoms with Crippen LogP contribution in [0.4, 0.5) is 0 Å². The number of nitrogens with zero attached hydrogens (tertiary/aromatic N) is 1. The van der Waals surface area contributed by atoms with Gasteiger partial charge >= 0.3 is 0 Å². The first-order chi connectivity index (χ1) is 6.36. The van der Waals surface area contributed by atoms with Gasteiger partial charge in [0.05, 0.1) is 11.6 Å². The average molecular weight is 194 g/mol. The number of aryl methyl sites for hydroxylation is 1. The molecule has 0 bridgehead atoms. The maximum absolute atomic E-state index is 4.28. The van der Waals surface area contributed by atoms with Crippen LogP contribution in [0.1, 0.15) is 23.7 Å². The van der Waals surface area contributed by atoms with Crippen molar-refractivity contribution in [3.8, 4) is 11.8 Å². The molecule has 0 atom stereocenters. The van der Waals surface area contributed by atoms with Crippen molar-refractivity contribution in [3.63, 3.8) is 0 Å². The molecule has 2 nitrogen and oxygen atoms in total. The molecule has 0 spiro atoms. The van der Waals surface area contributed by atoms with Gasteiger partial charge in [0.25, 0.3) is 0 Å². The van der Waals surface area contributed by atoms with Gasteiger partial charge in [0.1, 0.15) is 0 Å². The van der Waals surface area contributed by atoms with Crippen LogP contribution in [0.15, 0.2) is 6.20 Å². The first-order valence-corrected chi connectivity index (χ1v) is 5.22. The predicted molar refractivity (Wildman–Crippen MR) is 56.6 cm³/mol. The van der Waals surface area contributed by atoms with E-state index in [0.29, 0.717) is 0 Å². The van der Waals surface area contributed by atoms with Gasteiger partial charge in [-0.2, -0.15) is 0 Å². The van der Waals surface area contributed by atoms with Crippen LogP contribution >= 0.6 is 11.3 Å². The molecule has 0 saturated carbocycles. The van der Waals surface area contributed by atoms with Crippen LogP contribution in [-0.4, -0.2) is 11.5 Å². The normalized spacial score (nSPS) is 9.38. The highest BCUT2D eigenvalue weighted by Crippen LogP contribution is 2.12. The van der Waals surface area contributed by atoms with Gasteiger partial charge in [-0.1, -0.05) is 12.8 Å². The summed E-state index contributed by atoms with van der Waals surface area (Å²) in [6, 6.07) is 0. The minimum absolute atomic E-state index is 0.760. The Bertz CT molecular complexity index is 306. The predicted octanol–water partition coefficient (Wildman–Crippen LogP) is 1.82. The zero-order valence-electron chi connectivity index (χ0n) is 8.05. The zero-order valence-corrected chi connectivity index (χ0v) is 8.87. The second-order valence-corrected chi connectivity index (χ2v) is 3.80. The van der Waals surface area contributed by atoms with Crippen molar-refractivity contribution >= 4 is 11.3 Å². The average Bonchev–Trinajstić information content (AvgIpc) is 2.60.